The van der Waals surface area contributed by atoms with Crippen LogP contribution in [0, 0.1) is 0 Å². The molecule has 5 heteroatoms. The van der Waals surface area contributed by atoms with Crippen LogP contribution in [0.1, 0.15) is 20.3 Å². The molecule has 1 atom stereocenters. The number of aliphatic carboxylic acids is 1. The van der Waals surface area contributed by atoms with Gasteiger partial charge < -0.3 is 19.3 Å². The van der Waals surface area contributed by atoms with E-state index >= 15 is 0 Å². The molecule has 1 aromatic rings. The second-order valence-electron chi connectivity index (χ2n) is 4.01. The summed E-state index contributed by atoms with van der Waals surface area (Å²) in [6.45, 7) is 3.49. The van der Waals surface area contributed by atoms with Gasteiger partial charge >= 0.3 is 5.97 Å². The molecule has 17 heavy (non-hydrogen) atoms. The molecule has 0 saturated carbocycles. The highest BCUT2D eigenvalue weighted by Gasteiger charge is 2.33. The van der Waals surface area contributed by atoms with Gasteiger partial charge in [0.1, 0.15) is 5.75 Å². The molecule has 5 nitrogen and oxygen atoms in total. The van der Waals surface area contributed by atoms with Crippen LogP contribution >= 0.6 is 0 Å². The maximum Gasteiger partial charge on any atom is 0.347 e. The molecule has 1 heterocycles. The van der Waals surface area contributed by atoms with Gasteiger partial charge in [0.25, 0.3) is 0 Å². The van der Waals surface area contributed by atoms with E-state index in [0.717, 1.165) is 0 Å². The third kappa shape index (κ3) is 2.13. The van der Waals surface area contributed by atoms with Crippen molar-refractivity contribution < 1.29 is 24.1 Å². The maximum atomic E-state index is 11.1. The van der Waals surface area contributed by atoms with E-state index < -0.39 is 11.6 Å². The first-order chi connectivity index (χ1) is 8.05. The van der Waals surface area contributed by atoms with Crippen molar-refractivity contribution in [3.05, 3.63) is 18.2 Å². The zero-order valence-corrected chi connectivity index (χ0v) is 9.73. The van der Waals surface area contributed by atoms with Crippen LogP contribution in [0.2, 0.25) is 0 Å². The van der Waals surface area contributed by atoms with E-state index in [1.54, 1.807) is 32.0 Å². The molecule has 0 radical (unpaired) electrons. The van der Waals surface area contributed by atoms with Crippen molar-refractivity contribution in [1.82, 2.24) is 0 Å². The summed E-state index contributed by atoms with van der Waals surface area (Å²) in [4.78, 5) is 11.1. The van der Waals surface area contributed by atoms with Gasteiger partial charge in [0.05, 0.1) is 0 Å². The molecule has 0 amide bonds. The van der Waals surface area contributed by atoms with Crippen molar-refractivity contribution in [3.8, 4) is 17.2 Å². The predicted octanol–water partition coefficient (Wildman–Crippen LogP) is 2.05. The average Bonchev–Trinajstić information content (AvgIpc) is 2.75. The Bertz CT molecular complexity index is 443. The van der Waals surface area contributed by atoms with E-state index in [-0.39, 0.29) is 6.79 Å². The topological polar surface area (TPSA) is 65.0 Å². The van der Waals surface area contributed by atoms with Gasteiger partial charge in [-0.05, 0) is 25.5 Å². The highest BCUT2D eigenvalue weighted by molar-refractivity contribution is 5.77. The number of benzene rings is 1. The maximum absolute atomic E-state index is 11.1. The van der Waals surface area contributed by atoms with E-state index in [0.29, 0.717) is 23.7 Å². The van der Waals surface area contributed by atoms with Gasteiger partial charge in [-0.15, -0.1) is 0 Å². The Morgan fingerprint density at radius 2 is 2.18 bits per heavy atom. The van der Waals surface area contributed by atoms with Gasteiger partial charge in [-0.3, -0.25) is 0 Å². The second-order valence-corrected chi connectivity index (χ2v) is 4.01. The van der Waals surface area contributed by atoms with Crippen LogP contribution in [-0.2, 0) is 4.79 Å². The van der Waals surface area contributed by atoms with Gasteiger partial charge in [0, 0.05) is 6.07 Å². The molecule has 0 fully saturated rings. The smallest absolute Gasteiger partial charge is 0.347 e. The third-order valence-electron chi connectivity index (χ3n) is 2.81. The molecule has 0 saturated heterocycles. The first-order valence-electron chi connectivity index (χ1n) is 5.37. The highest BCUT2D eigenvalue weighted by atomic mass is 16.7. The lowest BCUT2D eigenvalue weighted by Gasteiger charge is -2.24. The minimum Gasteiger partial charge on any atom is -0.478 e. The van der Waals surface area contributed by atoms with Crippen LogP contribution in [-0.4, -0.2) is 23.5 Å². The van der Waals surface area contributed by atoms with Gasteiger partial charge in [-0.2, -0.15) is 0 Å². The highest BCUT2D eigenvalue weighted by Crippen LogP contribution is 2.36. The number of fused-ring (bicyclic) bond motifs is 1. The quantitative estimate of drug-likeness (QED) is 0.869. The summed E-state index contributed by atoms with van der Waals surface area (Å²) in [6.07, 6.45) is 0.372. The van der Waals surface area contributed by atoms with Gasteiger partial charge in [0.15, 0.2) is 11.5 Å². The molecule has 0 aliphatic carbocycles. The lowest BCUT2D eigenvalue weighted by atomic mass is 10.0. The number of carbonyl (C=O) groups is 1. The first kappa shape index (κ1) is 11.6. The fraction of sp³-hybridized carbons (Fsp3) is 0.417. The summed E-state index contributed by atoms with van der Waals surface area (Å²) < 4.78 is 15.9. The first-order valence-corrected chi connectivity index (χ1v) is 5.37. The largest absolute Gasteiger partial charge is 0.478 e. The molecule has 0 bridgehead atoms. The Morgan fingerprint density at radius 1 is 1.47 bits per heavy atom. The molecule has 92 valence electrons. The predicted molar refractivity (Wildman–Crippen MR) is 59.5 cm³/mol. The third-order valence-corrected chi connectivity index (χ3v) is 2.81. The standard InChI is InChI=1S/C12H14O5/c1-3-12(2,11(13)14)17-8-4-5-9-10(6-8)16-7-15-9/h4-6H,3,7H2,1-2H3,(H,13,14). The average molecular weight is 238 g/mol. The van der Waals surface area contributed by atoms with Crippen molar-refractivity contribution in [2.45, 2.75) is 25.9 Å². The lowest BCUT2D eigenvalue weighted by Crippen LogP contribution is -2.40. The van der Waals surface area contributed by atoms with Crippen LogP contribution in [0.15, 0.2) is 18.2 Å². The van der Waals surface area contributed by atoms with Crippen molar-refractivity contribution in [1.29, 1.82) is 0 Å². The Balaban J connectivity index is 2.21. The SMILES string of the molecule is CCC(C)(Oc1ccc2c(c1)OCO2)C(=O)O. The molecule has 1 aromatic carbocycles. The zero-order chi connectivity index (χ0) is 12.5. The molecule has 1 N–H and O–H groups in total. The van der Waals surface area contributed by atoms with Gasteiger partial charge in [0.2, 0.25) is 12.4 Å². The van der Waals surface area contributed by atoms with Crippen LogP contribution < -0.4 is 14.2 Å². The Labute approximate surface area is 98.9 Å². The van der Waals surface area contributed by atoms with E-state index in [4.69, 9.17) is 19.3 Å². The Morgan fingerprint density at radius 3 is 2.82 bits per heavy atom. The molecular weight excluding hydrogens is 224 g/mol. The molecule has 2 rings (SSSR count). The van der Waals surface area contributed by atoms with E-state index in [9.17, 15) is 4.79 Å². The summed E-state index contributed by atoms with van der Waals surface area (Å²) in [5.41, 5.74) is -1.23. The molecular formula is C12H14O5. The molecule has 1 aliphatic heterocycles. The fourth-order valence-corrected chi connectivity index (χ4v) is 1.47. The van der Waals surface area contributed by atoms with Crippen LogP contribution in [0.25, 0.3) is 0 Å². The Hall–Kier alpha value is -1.91. The van der Waals surface area contributed by atoms with E-state index in [1.165, 1.54) is 0 Å². The molecule has 0 aromatic heterocycles. The summed E-state index contributed by atoms with van der Waals surface area (Å²) in [5.74, 6) is 0.691. The monoisotopic (exact) mass is 238 g/mol. The summed E-state index contributed by atoms with van der Waals surface area (Å²) in [7, 11) is 0. The van der Waals surface area contributed by atoms with Crippen molar-refractivity contribution >= 4 is 5.97 Å². The van der Waals surface area contributed by atoms with Crippen LogP contribution in [0.5, 0.6) is 17.2 Å². The molecule has 1 unspecified atom stereocenters. The van der Waals surface area contributed by atoms with Crippen molar-refractivity contribution in [2.24, 2.45) is 0 Å². The Kier molecular flexibility index (Phi) is 2.83. The number of rotatable bonds is 4. The van der Waals surface area contributed by atoms with Crippen molar-refractivity contribution in [2.75, 3.05) is 6.79 Å². The molecule has 0 spiro atoms. The van der Waals surface area contributed by atoms with Crippen LogP contribution in [0.4, 0.5) is 0 Å². The number of ether oxygens (including phenoxy) is 3. The minimum atomic E-state index is -1.23. The number of hydrogen-bond donors (Lipinski definition) is 1. The van der Waals surface area contributed by atoms with Gasteiger partial charge in [-0.1, -0.05) is 6.92 Å². The van der Waals surface area contributed by atoms with Gasteiger partial charge in [-0.25, -0.2) is 4.79 Å². The van der Waals surface area contributed by atoms with Crippen LogP contribution in [0.3, 0.4) is 0 Å². The van der Waals surface area contributed by atoms with E-state index in [1.807, 2.05) is 0 Å². The second kappa shape index (κ2) is 4.16. The fourth-order valence-electron chi connectivity index (χ4n) is 1.47. The minimum absolute atomic E-state index is 0.183. The lowest BCUT2D eigenvalue weighted by molar-refractivity contribution is -0.154. The number of carboxylic acids is 1. The van der Waals surface area contributed by atoms with Crippen molar-refractivity contribution in [3.63, 3.8) is 0 Å². The van der Waals surface area contributed by atoms with E-state index in [2.05, 4.69) is 0 Å². The zero-order valence-electron chi connectivity index (χ0n) is 9.73. The molecule has 1 aliphatic rings. The summed E-state index contributed by atoms with van der Waals surface area (Å²) in [5, 5.41) is 9.11. The normalized spacial score (nSPS) is 16.4. The summed E-state index contributed by atoms with van der Waals surface area (Å²) >= 11 is 0. The number of hydrogen-bond acceptors (Lipinski definition) is 4. The summed E-state index contributed by atoms with van der Waals surface area (Å²) in [6, 6.07) is 5.01. The number of carboxylic acid groups (broad SMARTS) is 1.